The van der Waals surface area contributed by atoms with E-state index in [9.17, 15) is 5.11 Å². The second-order valence-corrected chi connectivity index (χ2v) is 7.55. The number of ether oxygens (including phenoxy) is 1. The third kappa shape index (κ3) is 7.27. The summed E-state index contributed by atoms with van der Waals surface area (Å²) in [5, 5.41) is 11.0. The van der Waals surface area contributed by atoms with Gasteiger partial charge in [0.1, 0.15) is 0 Å². The molecule has 4 heteroatoms. The van der Waals surface area contributed by atoms with Gasteiger partial charge >= 0.3 is 0 Å². The molecule has 2 unspecified atom stereocenters. The lowest BCUT2D eigenvalue weighted by Gasteiger charge is -2.30. The molecule has 0 aromatic rings. The van der Waals surface area contributed by atoms with Gasteiger partial charge in [-0.2, -0.15) is 0 Å². The highest BCUT2D eigenvalue weighted by Gasteiger charge is 2.31. The van der Waals surface area contributed by atoms with Crippen LogP contribution in [0.5, 0.6) is 0 Å². The monoisotopic (exact) mass is 294 g/mol. The Labute approximate surface area is 122 Å². The predicted octanol–water partition coefficient (Wildman–Crippen LogP) is 4.72. The molecule has 0 saturated heterocycles. The van der Waals surface area contributed by atoms with Crippen LogP contribution in [-0.2, 0) is 4.74 Å². The van der Waals surface area contributed by atoms with E-state index in [0.29, 0.717) is 11.2 Å². The molecule has 110 valence electrons. The molecule has 0 aliphatic heterocycles. The summed E-state index contributed by atoms with van der Waals surface area (Å²) in [5.41, 5.74) is 0. The van der Waals surface area contributed by atoms with Crippen molar-refractivity contribution in [2.24, 2.45) is 5.92 Å². The summed E-state index contributed by atoms with van der Waals surface area (Å²) in [7, 11) is 1.60. The second-order valence-electron chi connectivity index (χ2n) is 4.66. The summed E-state index contributed by atoms with van der Waals surface area (Å²) < 4.78 is 4.27. The molecule has 0 amide bonds. The Morgan fingerprint density at radius 2 is 1.72 bits per heavy atom. The zero-order valence-electron chi connectivity index (χ0n) is 12.6. The van der Waals surface area contributed by atoms with Crippen molar-refractivity contribution in [2.75, 3.05) is 12.9 Å². The van der Waals surface area contributed by atoms with Crippen molar-refractivity contribution in [3.05, 3.63) is 0 Å². The van der Waals surface area contributed by atoms with Crippen LogP contribution in [0.3, 0.4) is 0 Å². The van der Waals surface area contributed by atoms with Gasteiger partial charge in [-0.25, -0.2) is 0 Å². The van der Waals surface area contributed by atoms with E-state index in [-0.39, 0.29) is 0 Å². The topological polar surface area (TPSA) is 29.5 Å². The minimum atomic E-state index is -1.07. The fraction of sp³-hybridized carbons (Fsp3) is 1.00. The molecule has 0 radical (unpaired) electrons. The molecule has 0 aromatic heterocycles. The average Bonchev–Trinajstić information content (AvgIpc) is 2.39. The largest absolute Gasteiger partial charge is 0.349 e. The first-order valence-corrected chi connectivity index (χ1v) is 9.00. The van der Waals surface area contributed by atoms with Crippen LogP contribution in [0.2, 0.25) is 0 Å². The molecular weight excluding hydrogens is 264 g/mol. The maximum atomic E-state index is 10.5. The van der Waals surface area contributed by atoms with E-state index in [1.165, 1.54) is 12.8 Å². The van der Waals surface area contributed by atoms with Gasteiger partial charge in [0.25, 0.3) is 4.45 Å². The lowest BCUT2D eigenvalue weighted by Crippen LogP contribution is -2.27. The van der Waals surface area contributed by atoms with Gasteiger partial charge in [0, 0.05) is 18.1 Å². The minimum absolute atomic E-state index is 0.481. The van der Waals surface area contributed by atoms with E-state index < -0.39 is 4.45 Å². The Balaban J connectivity index is 4.31. The molecule has 0 saturated carbocycles. The van der Waals surface area contributed by atoms with Gasteiger partial charge in [0.05, 0.1) is 0 Å². The zero-order valence-corrected chi connectivity index (χ0v) is 14.2. The van der Waals surface area contributed by atoms with Crippen LogP contribution in [0.4, 0.5) is 0 Å². The molecule has 0 aliphatic rings. The molecule has 0 fully saturated rings. The van der Waals surface area contributed by atoms with Gasteiger partial charge in [0.2, 0.25) is 0 Å². The third-order valence-electron chi connectivity index (χ3n) is 3.30. The maximum Gasteiger partial charge on any atom is 0.267 e. The molecular formula is C14H30O2S2. The second kappa shape index (κ2) is 10.4. The third-order valence-corrected chi connectivity index (χ3v) is 6.47. The van der Waals surface area contributed by atoms with Crippen molar-refractivity contribution in [3.8, 4) is 0 Å². The molecule has 2 nitrogen and oxygen atoms in total. The molecule has 0 aliphatic carbocycles. The number of aliphatic hydroxyl groups is 1. The predicted molar refractivity (Wildman–Crippen MR) is 85.1 cm³/mol. The van der Waals surface area contributed by atoms with Gasteiger partial charge in [-0.15, -0.1) is 0 Å². The Morgan fingerprint density at radius 3 is 2.11 bits per heavy atom. The molecule has 0 heterocycles. The van der Waals surface area contributed by atoms with Crippen LogP contribution in [0, 0.1) is 5.92 Å². The molecule has 1 N–H and O–H groups in total. The van der Waals surface area contributed by atoms with Crippen LogP contribution in [0.25, 0.3) is 0 Å². The quantitative estimate of drug-likeness (QED) is 0.558. The molecule has 0 aromatic carbocycles. The first-order valence-electron chi connectivity index (χ1n) is 7.14. The van der Waals surface area contributed by atoms with Crippen LogP contribution in [-0.4, -0.2) is 27.7 Å². The highest BCUT2D eigenvalue weighted by atomic mass is 32.2. The Bertz CT molecular complexity index is 198. The van der Waals surface area contributed by atoms with Gasteiger partial charge < -0.3 is 9.84 Å². The summed E-state index contributed by atoms with van der Waals surface area (Å²) in [6, 6.07) is 0. The number of rotatable bonds is 11. The standard InChI is InChI=1S/C14H30O2S2/c1-6-10-13(9-4)18-14(15,16-5)17-11-12(7-2)8-3/h12-13,15H,6-11H2,1-5H3. The van der Waals surface area contributed by atoms with Crippen molar-refractivity contribution < 1.29 is 9.84 Å². The molecule has 0 spiro atoms. The summed E-state index contributed by atoms with van der Waals surface area (Å²) in [6.07, 6.45) is 5.71. The highest BCUT2D eigenvalue weighted by molar-refractivity contribution is 8.17. The Morgan fingerprint density at radius 1 is 1.11 bits per heavy atom. The molecule has 18 heavy (non-hydrogen) atoms. The van der Waals surface area contributed by atoms with Crippen molar-refractivity contribution in [3.63, 3.8) is 0 Å². The first kappa shape index (κ1) is 18.6. The minimum Gasteiger partial charge on any atom is -0.349 e. The molecule has 0 bridgehead atoms. The van der Waals surface area contributed by atoms with Crippen LogP contribution in [0.15, 0.2) is 0 Å². The van der Waals surface area contributed by atoms with E-state index in [4.69, 9.17) is 4.74 Å². The number of hydrogen-bond acceptors (Lipinski definition) is 4. The Kier molecular flexibility index (Phi) is 10.8. The first-order chi connectivity index (χ1) is 8.55. The van der Waals surface area contributed by atoms with E-state index in [1.807, 2.05) is 0 Å². The number of hydrogen-bond donors (Lipinski definition) is 1. The van der Waals surface area contributed by atoms with E-state index in [2.05, 4.69) is 27.7 Å². The van der Waals surface area contributed by atoms with Crippen molar-refractivity contribution >= 4 is 23.5 Å². The zero-order chi connectivity index (χ0) is 14.0. The Hall–Kier alpha value is 0.620. The SMILES string of the molecule is CCCC(CC)SC(O)(OC)SCC(CC)CC. The smallest absolute Gasteiger partial charge is 0.267 e. The summed E-state index contributed by atoms with van der Waals surface area (Å²) in [5.74, 6) is 1.64. The van der Waals surface area contributed by atoms with Gasteiger partial charge in [0.15, 0.2) is 0 Å². The van der Waals surface area contributed by atoms with Gasteiger partial charge in [-0.3, -0.25) is 0 Å². The van der Waals surface area contributed by atoms with Crippen molar-refractivity contribution in [1.29, 1.82) is 0 Å². The van der Waals surface area contributed by atoms with Crippen LogP contribution < -0.4 is 0 Å². The fourth-order valence-electron chi connectivity index (χ4n) is 1.77. The van der Waals surface area contributed by atoms with Crippen LogP contribution in [0.1, 0.15) is 59.8 Å². The van der Waals surface area contributed by atoms with E-state index in [0.717, 1.165) is 25.0 Å². The van der Waals surface area contributed by atoms with Crippen molar-refractivity contribution in [1.82, 2.24) is 0 Å². The van der Waals surface area contributed by atoms with Crippen molar-refractivity contribution in [2.45, 2.75) is 69.5 Å². The normalized spacial score (nSPS) is 16.8. The highest BCUT2D eigenvalue weighted by Crippen LogP contribution is 2.41. The summed E-state index contributed by atoms with van der Waals surface area (Å²) in [4.78, 5) is 0. The van der Waals surface area contributed by atoms with Gasteiger partial charge in [-0.05, 0) is 18.8 Å². The molecule has 2 atom stereocenters. The van der Waals surface area contributed by atoms with E-state index >= 15 is 0 Å². The van der Waals surface area contributed by atoms with Gasteiger partial charge in [-0.1, -0.05) is 70.5 Å². The lowest BCUT2D eigenvalue weighted by molar-refractivity contribution is -0.0325. The number of thioether (sulfide) groups is 2. The van der Waals surface area contributed by atoms with Crippen LogP contribution >= 0.6 is 23.5 Å². The fourth-order valence-corrected chi connectivity index (χ4v) is 4.73. The lowest BCUT2D eigenvalue weighted by atomic mass is 10.1. The average molecular weight is 295 g/mol. The maximum absolute atomic E-state index is 10.5. The number of methoxy groups -OCH3 is 1. The summed E-state index contributed by atoms with van der Waals surface area (Å²) in [6.45, 7) is 8.78. The summed E-state index contributed by atoms with van der Waals surface area (Å²) >= 11 is 3.12. The van der Waals surface area contributed by atoms with E-state index in [1.54, 1.807) is 30.6 Å². The molecule has 0 rings (SSSR count).